The van der Waals surface area contributed by atoms with Crippen molar-refractivity contribution < 1.29 is 0 Å². The standard InChI is InChI=1S/C11H17ClN4S/c1-7-8(10(12)15(2)14-7)6-16-5-3-4-9(16)11(13)17/h9H,3-6H2,1-2H3,(H2,13,17). The Hall–Kier alpha value is -0.650. The molecule has 0 aromatic carbocycles. The number of halogens is 1. The van der Waals surface area contributed by atoms with Crippen LogP contribution in [0.4, 0.5) is 0 Å². The van der Waals surface area contributed by atoms with Gasteiger partial charge >= 0.3 is 0 Å². The molecule has 1 aliphatic rings. The maximum atomic E-state index is 6.23. The molecule has 1 atom stereocenters. The first-order valence-electron chi connectivity index (χ1n) is 5.72. The molecule has 1 aromatic heterocycles. The summed E-state index contributed by atoms with van der Waals surface area (Å²) in [5.74, 6) is 0. The highest BCUT2D eigenvalue weighted by Gasteiger charge is 2.28. The van der Waals surface area contributed by atoms with Crippen LogP contribution in [0.3, 0.4) is 0 Å². The molecule has 17 heavy (non-hydrogen) atoms. The van der Waals surface area contributed by atoms with Gasteiger partial charge in [0.25, 0.3) is 0 Å². The molecule has 2 N–H and O–H groups in total. The Bertz CT molecular complexity index is 443. The Balaban J connectivity index is 2.18. The van der Waals surface area contributed by atoms with Gasteiger partial charge in [0, 0.05) is 19.2 Å². The van der Waals surface area contributed by atoms with Crippen LogP contribution in [0.15, 0.2) is 0 Å². The lowest BCUT2D eigenvalue weighted by molar-refractivity contribution is 0.294. The first kappa shape index (κ1) is 12.8. The molecule has 1 saturated heterocycles. The number of rotatable bonds is 3. The first-order valence-corrected chi connectivity index (χ1v) is 6.50. The quantitative estimate of drug-likeness (QED) is 0.850. The molecule has 2 rings (SSSR count). The molecular formula is C11H17ClN4S. The van der Waals surface area contributed by atoms with Gasteiger partial charge in [-0.05, 0) is 26.3 Å². The normalized spacial score (nSPS) is 21.0. The van der Waals surface area contributed by atoms with Crippen LogP contribution in [0.1, 0.15) is 24.1 Å². The molecular weight excluding hydrogens is 256 g/mol. The summed E-state index contributed by atoms with van der Waals surface area (Å²) in [6.45, 7) is 3.78. The lowest BCUT2D eigenvalue weighted by Gasteiger charge is -2.23. The summed E-state index contributed by atoms with van der Waals surface area (Å²) in [5, 5.41) is 5.02. The minimum atomic E-state index is 0.209. The molecule has 94 valence electrons. The van der Waals surface area contributed by atoms with E-state index in [1.54, 1.807) is 4.68 Å². The summed E-state index contributed by atoms with van der Waals surface area (Å²) in [6.07, 6.45) is 2.19. The van der Waals surface area contributed by atoms with Crippen molar-refractivity contribution in [1.29, 1.82) is 0 Å². The maximum absolute atomic E-state index is 6.23. The van der Waals surface area contributed by atoms with E-state index in [1.165, 1.54) is 0 Å². The van der Waals surface area contributed by atoms with Crippen LogP contribution in [0.5, 0.6) is 0 Å². The van der Waals surface area contributed by atoms with Crippen molar-refractivity contribution in [2.75, 3.05) is 6.54 Å². The lowest BCUT2D eigenvalue weighted by Crippen LogP contribution is -2.38. The van der Waals surface area contributed by atoms with Crippen LogP contribution in [-0.2, 0) is 13.6 Å². The van der Waals surface area contributed by atoms with Gasteiger partial charge in [-0.2, -0.15) is 5.10 Å². The number of nitrogens with zero attached hydrogens (tertiary/aromatic N) is 3. The fourth-order valence-corrected chi connectivity index (χ4v) is 2.90. The Morgan fingerprint density at radius 3 is 2.88 bits per heavy atom. The molecule has 1 fully saturated rings. The molecule has 2 heterocycles. The Morgan fingerprint density at radius 2 is 2.35 bits per heavy atom. The number of aromatic nitrogens is 2. The largest absolute Gasteiger partial charge is 0.392 e. The molecule has 0 bridgehead atoms. The highest BCUT2D eigenvalue weighted by atomic mass is 35.5. The van der Waals surface area contributed by atoms with E-state index in [4.69, 9.17) is 29.6 Å². The zero-order valence-corrected chi connectivity index (χ0v) is 11.7. The van der Waals surface area contributed by atoms with Crippen LogP contribution in [0.2, 0.25) is 5.15 Å². The van der Waals surface area contributed by atoms with Crippen molar-refractivity contribution >= 4 is 28.8 Å². The summed E-state index contributed by atoms with van der Waals surface area (Å²) >= 11 is 11.3. The number of hydrogen-bond donors (Lipinski definition) is 1. The Morgan fingerprint density at radius 1 is 1.65 bits per heavy atom. The number of hydrogen-bond acceptors (Lipinski definition) is 3. The predicted molar refractivity (Wildman–Crippen MR) is 73.2 cm³/mol. The van der Waals surface area contributed by atoms with Gasteiger partial charge in [0.15, 0.2) is 0 Å². The van der Waals surface area contributed by atoms with Gasteiger partial charge in [-0.25, -0.2) is 0 Å². The number of aryl methyl sites for hydroxylation is 2. The topological polar surface area (TPSA) is 47.1 Å². The highest BCUT2D eigenvalue weighted by Crippen LogP contribution is 2.25. The molecule has 1 aliphatic heterocycles. The number of likely N-dealkylation sites (tertiary alicyclic amines) is 1. The third-order valence-corrected chi connectivity index (χ3v) is 4.07. The van der Waals surface area contributed by atoms with Gasteiger partial charge in [0.05, 0.1) is 16.7 Å². The highest BCUT2D eigenvalue weighted by molar-refractivity contribution is 7.80. The molecule has 4 nitrogen and oxygen atoms in total. The van der Waals surface area contributed by atoms with E-state index in [-0.39, 0.29) is 6.04 Å². The zero-order chi connectivity index (χ0) is 12.6. The van der Waals surface area contributed by atoms with E-state index >= 15 is 0 Å². The second-order valence-electron chi connectivity index (χ2n) is 4.51. The summed E-state index contributed by atoms with van der Waals surface area (Å²) in [7, 11) is 1.86. The summed E-state index contributed by atoms with van der Waals surface area (Å²) in [5.41, 5.74) is 7.82. The predicted octanol–water partition coefficient (Wildman–Crippen LogP) is 1.63. The molecule has 0 radical (unpaired) electrons. The van der Waals surface area contributed by atoms with Crippen molar-refractivity contribution in [2.45, 2.75) is 32.4 Å². The zero-order valence-electron chi connectivity index (χ0n) is 10.1. The van der Waals surface area contributed by atoms with Crippen LogP contribution < -0.4 is 5.73 Å². The fraction of sp³-hybridized carbons (Fsp3) is 0.636. The second-order valence-corrected chi connectivity index (χ2v) is 5.34. The molecule has 0 spiro atoms. The minimum absolute atomic E-state index is 0.209. The van der Waals surface area contributed by atoms with Gasteiger partial charge < -0.3 is 5.73 Å². The van der Waals surface area contributed by atoms with E-state index in [0.29, 0.717) is 10.1 Å². The van der Waals surface area contributed by atoms with E-state index in [1.807, 2.05) is 14.0 Å². The maximum Gasteiger partial charge on any atom is 0.131 e. The summed E-state index contributed by atoms with van der Waals surface area (Å²) in [4.78, 5) is 2.87. The SMILES string of the molecule is Cc1nn(C)c(Cl)c1CN1CCCC1C(N)=S. The van der Waals surface area contributed by atoms with Crippen molar-refractivity contribution in [2.24, 2.45) is 12.8 Å². The smallest absolute Gasteiger partial charge is 0.131 e. The lowest BCUT2D eigenvalue weighted by atomic mass is 10.2. The average molecular weight is 273 g/mol. The van der Waals surface area contributed by atoms with Crippen molar-refractivity contribution in [1.82, 2.24) is 14.7 Å². The van der Waals surface area contributed by atoms with Crippen molar-refractivity contribution in [3.05, 3.63) is 16.4 Å². The molecule has 6 heteroatoms. The van der Waals surface area contributed by atoms with Crippen molar-refractivity contribution in [3.63, 3.8) is 0 Å². The molecule has 0 amide bonds. The molecule has 0 aliphatic carbocycles. The third-order valence-electron chi connectivity index (χ3n) is 3.32. The number of nitrogens with two attached hydrogens (primary N) is 1. The van der Waals surface area contributed by atoms with Crippen LogP contribution in [0, 0.1) is 6.92 Å². The van der Waals surface area contributed by atoms with Crippen LogP contribution in [-0.4, -0.2) is 32.3 Å². The minimum Gasteiger partial charge on any atom is -0.392 e. The van der Waals surface area contributed by atoms with Crippen molar-refractivity contribution in [3.8, 4) is 0 Å². The second kappa shape index (κ2) is 4.92. The van der Waals surface area contributed by atoms with Gasteiger partial charge in [-0.15, -0.1) is 0 Å². The molecule has 1 unspecified atom stereocenters. The Labute approximate surface area is 112 Å². The van der Waals surface area contributed by atoms with Crippen LogP contribution in [0.25, 0.3) is 0 Å². The average Bonchev–Trinajstić information content (AvgIpc) is 2.80. The van der Waals surface area contributed by atoms with Gasteiger partial charge in [-0.1, -0.05) is 23.8 Å². The molecule has 0 saturated carbocycles. The third kappa shape index (κ3) is 2.46. The van der Waals surface area contributed by atoms with Gasteiger partial charge in [0.2, 0.25) is 0 Å². The molecule has 1 aromatic rings. The Kier molecular flexibility index (Phi) is 3.70. The monoisotopic (exact) mass is 272 g/mol. The fourth-order valence-electron chi connectivity index (χ4n) is 2.39. The van der Waals surface area contributed by atoms with E-state index in [9.17, 15) is 0 Å². The number of thiocarbonyl (C=S) groups is 1. The summed E-state index contributed by atoms with van der Waals surface area (Å²) in [6, 6.07) is 0.209. The van der Waals surface area contributed by atoms with E-state index < -0.39 is 0 Å². The van der Waals surface area contributed by atoms with E-state index in [2.05, 4.69) is 10.00 Å². The van der Waals surface area contributed by atoms with E-state index in [0.717, 1.165) is 37.2 Å². The van der Waals surface area contributed by atoms with Gasteiger partial charge in [0.1, 0.15) is 5.15 Å². The van der Waals surface area contributed by atoms with Crippen LogP contribution >= 0.6 is 23.8 Å². The van der Waals surface area contributed by atoms with Gasteiger partial charge in [-0.3, -0.25) is 9.58 Å². The first-order chi connectivity index (χ1) is 8.00. The summed E-state index contributed by atoms with van der Waals surface area (Å²) < 4.78 is 1.71.